The lowest BCUT2D eigenvalue weighted by atomic mass is 10.1. The summed E-state index contributed by atoms with van der Waals surface area (Å²) in [5.41, 5.74) is 4.43. The molecule has 7 heteroatoms. The average Bonchev–Trinajstić information content (AvgIpc) is 3.27. The maximum absolute atomic E-state index is 15.4. The number of aromatic nitrogens is 6. The number of para-hydroxylation sites is 2. The first-order valence-electron chi connectivity index (χ1n) is 8.11. The number of H-pyrrole nitrogens is 2. The molecule has 0 spiro atoms. The van der Waals surface area contributed by atoms with Gasteiger partial charge in [0, 0.05) is 18.0 Å². The zero-order valence-electron chi connectivity index (χ0n) is 13.8. The maximum atomic E-state index is 15.4. The molecule has 0 fully saturated rings. The minimum Gasteiger partial charge on any atom is -0.337 e. The summed E-state index contributed by atoms with van der Waals surface area (Å²) in [6.07, 6.45) is 4.87. The summed E-state index contributed by atoms with van der Waals surface area (Å²) >= 11 is 0. The van der Waals surface area contributed by atoms with E-state index in [2.05, 4.69) is 30.1 Å². The van der Waals surface area contributed by atoms with Gasteiger partial charge in [-0.05, 0) is 30.7 Å². The molecule has 4 aromatic heterocycles. The monoisotopic (exact) mass is 344 g/mol. The summed E-state index contributed by atoms with van der Waals surface area (Å²) in [5, 5.41) is 7.46. The quantitative estimate of drug-likeness (QED) is 0.507. The third kappa shape index (κ3) is 2.10. The van der Waals surface area contributed by atoms with Crippen LogP contribution in [0.4, 0.5) is 4.39 Å². The van der Waals surface area contributed by atoms with Gasteiger partial charge in [-0.1, -0.05) is 12.1 Å². The van der Waals surface area contributed by atoms with Crippen LogP contribution in [0.2, 0.25) is 0 Å². The molecule has 0 aliphatic rings. The van der Waals surface area contributed by atoms with Gasteiger partial charge in [0.1, 0.15) is 11.4 Å². The van der Waals surface area contributed by atoms with Crippen molar-refractivity contribution in [2.75, 3.05) is 0 Å². The van der Waals surface area contributed by atoms with Gasteiger partial charge < -0.3 is 4.98 Å². The Morgan fingerprint density at radius 2 is 1.88 bits per heavy atom. The molecule has 0 saturated carbocycles. The van der Waals surface area contributed by atoms with Crippen LogP contribution in [0, 0.1) is 12.7 Å². The van der Waals surface area contributed by atoms with Gasteiger partial charge in [0.2, 0.25) is 0 Å². The fourth-order valence-corrected chi connectivity index (χ4v) is 3.11. The van der Waals surface area contributed by atoms with Gasteiger partial charge in [-0.25, -0.2) is 9.37 Å². The second-order valence-electron chi connectivity index (χ2n) is 6.07. The van der Waals surface area contributed by atoms with Crippen molar-refractivity contribution in [2.24, 2.45) is 0 Å². The first-order chi connectivity index (χ1) is 12.7. The smallest absolute Gasteiger partial charge is 0.161 e. The van der Waals surface area contributed by atoms with E-state index in [1.807, 2.05) is 37.3 Å². The average molecular weight is 344 g/mol. The van der Waals surface area contributed by atoms with Crippen LogP contribution in [-0.2, 0) is 0 Å². The lowest BCUT2D eigenvalue weighted by Gasteiger charge is -2.06. The van der Waals surface area contributed by atoms with E-state index in [0.717, 1.165) is 16.6 Å². The van der Waals surface area contributed by atoms with Crippen LogP contribution in [0.5, 0.6) is 0 Å². The van der Waals surface area contributed by atoms with Gasteiger partial charge in [-0.15, -0.1) is 0 Å². The molecule has 0 saturated heterocycles. The lowest BCUT2D eigenvalue weighted by molar-refractivity contribution is 0.638. The molecule has 4 heterocycles. The van der Waals surface area contributed by atoms with Gasteiger partial charge in [-0.3, -0.25) is 15.1 Å². The van der Waals surface area contributed by atoms with Crippen molar-refractivity contribution >= 4 is 21.9 Å². The molecule has 2 N–H and O–H groups in total. The van der Waals surface area contributed by atoms with Crippen LogP contribution < -0.4 is 0 Å². The van der Waals surface area contributed by atoms with Crippen molar-refractivity contribution < 1.29 is 4.39 Å². The number of benzene rings is 1. The molecule has 0 radical (unpaired) electrons. The lowest BCUT2D eigenvalue weighted by Crippen LogP contribution is -1.94. The zero-order valence-corrected chi connectivity index (χ0v) is 13.8. The molecule has 26 heavy (non-hydrogen) atoms. The molecule has 0 bridgehead atoms. The first-order valence-corrected chi connectivity index (χ1v) is 8.11. The van der Waals surface area contributed by atoms with Gasteiger partial charge >= 0.3 is 0 Å². The molecule has 0 atom stereocenters. The highest BCUT2D eigenvalue weighted by Gasteiger charge is 2.20. The van der Waals surface area contributed by atoms with Gasteiger partial charge in [-0.2, -0.15) is 5.10 Å². The van der Waals surface area contributed by atoms with E-state index in [1.165, 1.54) is 0 Å². The van der Waals surface area contributed by atoms with E-state index in [-0.39, 0.29) is 5.69 Å². The molecule has 6 nitrogen and oxygen atoms in total. The van der Waals surface area contributed by atoms with Crippen molar-refractivity contribution in [3.63, 3.8) is 0 Å². The van der Waals surface area contributed by atoms with E-state index >= 15 is 4.39 Å². The number of pyridine rings is 2. The maximum Gasteiger partial charge on any atom is 0.161 e. The van der Waals surface area contributed by atoms with E-state index < -0.39 is 5.82 Å². The number of aryl methyl sites for hydroxylation is 1. The molecule has 0 aliphatic carbocycles. The predicted molar refractivity (Wildman–Crippen MR) is 96.9 cm³/mol. The summed E-state index contributed by atoms with van der Waals surface area (Å²) in [4.78, 5) is 16.1. The van der Waals surface area contributed by atoms with Crippen LogP contribution in [0.1, 0.15) is 5.56 Å². The number of fused-ring (bicyclic) bond motifs is 2. The standard InChI is InChI=1S/C19H13FN6/c1-10-6-7-21-8-11(10)17-16(20)15-14(9-22-17)25-26-18(15)19-23-12-4-2-3-5-13(12)24-19/h2-9H,1H3,(H,23,24)(H,25,26). The van der Waals surface area contributed by atoms with E-state index in [0.29, 0.717) is 28.0 Å². The van der Waals surface area contributed by atoms with E-state index in [9.17, 15) is 0 Å². The Hall–Kier alpha value is -3.61. The minimum atomic E-state index is -0.442. The van der Waals surface area contributed by atoms with E-state index in [1.54, 1.807) is 18.6 Å². The van der Waals surface area contributed by atoms with Crippen LogP contribution >= 0.6 is 0 Å². The van der Waals surface area contributed by atoms with Crippen LogP contribution in [-0.4, -0.2) is 30.1 Å². The SMILES string of the molecule is Cc1ccncc1-c1ncc2[nH]nc(-c3nc4ccccc4[nH]3)c2c1F. The van der Waals surface area contributed by atoms with Gasteiger partial charge in [0.15, 0.2) is 11.6 Å². The number of hydrogen-bond acceptors (Lipinski definition) is 4. The molecule has 126 valence electrons. The molecule has 5 aromatic rings. The van der Waals surface area contributed by atoms with Crippen LogP contribution in [0.3, 0.4) is 0 Å². The van der Waals surface area contributed by atoms with Crippen molar-refractivity contribution in [3.05, 3.63) is 60.3 Å². The largest absolute Gasteiger partial charge is 0.337 e. The summed E-state index contributed by atoms with van der Waals surface area (Å²) in [6, 6.07) is 9.47. The van der Waals surface area contributed by atoms with Crippen LogP contribution in [0.25, 0.3) is 44.7 Å². The summed E-state index contributed by atoms with van der Waals surface area (Å²) in [7, 11) is 0. The first kappa shape index (κ1) is 14.7. The number of aromatic amines is 2. The molecule has 0 amide bonds. The number of hydrogen-bond donors (Lipinski definition) is 2. The zero-order chi connectivity index (χ0) is 17.7. The highest BCUT2D eigenvalue weighted by Crippen LogP contribution is 2.33. The Morgan fingerprint density at radius 1 is 1.00 bits per heavy atom. The Balaban J connectivity index is 1.77. The topological polar surface area (TPSA) is 83.1 Å². The third-order valence-corrected chi connectivity index (χ3v) is 4.45. The summed E-state index contributed by atoms with van der Waals surface area (Å²) < 4.78 is 15.4. The normalized spacial score (nSPS) is 11.5. The number of halogens is 1. The fraction of sp³-hybridized carbons (Fsp3) is 0.0526. The minimum absolute atomic E-state index is 0.252. The summed E-state index contributed by atoms with van der Waals surface area (Å²) in [6.45, 7) is 1.90. The molecule has 0 unspecified atom stereocenters. The van der Waals surface area contributed by atoms with Gasteiger partial charge in [0.25, 0.3) is 0 Å². The molecular weight excluding hydrogens is 331 g/mol. The second kappa shape index (κ2) is 5.45. The second-order valence-corrected chi connectivity index (χ2v) is 6.07. The highest BCUT2D eigenvalue weighted by atomic mass is 19.1. The number of nitrogens with one attached hydrogen (secondary N) is 2. The van der Waals surface area contributed by atoms with Gasteiger partial charge in [0.05, 0.1) is 28.1 Å². The Morgan fingerprint density at radius 3 is 2.73 bits per heavy atom. The predicted octanol–water partition coefficient (Wildman–Crippen LogP) is 4.01. The molecular formula is C19H13FN6. The Bertz CT molecular complexity index is 1240. The molecule has 1 aromatic carbocycles. The van der Waals surface area contributed by atoms with Crippen molar-refractivity contribution in [1.82, 2.24) is 30.1 Å². The van der Waals surface area contributed by atoms with Crippen molar-refractivity contribution in [3.8, 4) is 22.8 Å². The van der Waals surface area contributed by atoms with Crippen molar-refractivity contribution in [1.29, 1.82) is 0 Å². The van der Waals surface area contributed by atoms with Crippen LogP contribution in [0.15, 0.2) is 48.9 Å². The highest BCUT2D eigenvalue weighted by molar-refractivity contribution is 5.95. The number of nitrogens with zero attached hydrogens (tertiary/aromatic N) is 4. The summed E-state index contributed by atoms with van der Waals surface area (Å²) in [5.74, 6) is 0.0687. The van der Waals surface area contributed by atoms with E-state index in [4.69, 9.17) is 0 Å². The number of imidazole rings is 1. The number of rotatable bonds is 2. The van der Waals surface area contributed by atoms with Crippen molar-refractivity contribution in [2.45, 2.75) is 6.92 Å². The Labute approximate surface area is 147 Å². The molecule has 0 aliphatic heterocycles. The Kier molecular flexibility index (Phi) is 3.08. The molecule has 5 rings (SSSR count). The third-order valence-electron chi connectivity index (χ3n) is 4.45. The fourth-order valence-electron chi connectivity index (χ4n) is 3.11.